The first-order valence-corrected chi connectivity index (χ1v) is 4.59. The number of aryl methyl sites for hydroxylation is 1. The molecule has 1 aromatic heterocycles. The van der Waals surface area contributed by atoms with E-state index < -0.39 is 17.8 Å². The number of carbonyl (C=O) groups excluding carboxylic acids is 3. The second-order valence-electron chi connectivity index (χ2n) is 3.28. The lowest BCUT2D eigenvalue weighted by atomic mass is 10.4. The van der Waals surface area contributed by atoms with Gasteiger partial charge in [-0.05, 0) is 6.92 Å². The maximum atomic E-state index is 11.4. The lowest BCUT2D eigenvalue weighted by Crippen LogP contribution is -2.32. The number of hydroxylamine groups is 2. The number of hydrogen-bond donors (Lipinski definition) is 0. The van der Waals surface area contributed by atoms with Crippen LogP contribution in [0.1, 0.15) is 29.1 Å². The van der Waals surface area contributed by atoms with Crippen LogP contribution in [0.5, 0.6) is 0 Å². The van der Waals surface area contributed by atoms with E-state index in [1.54, 1.807) is 6.92 Å². The standard InChI is InChI=1S/C9H8N2O5/c1-5-4-6(10-15-5)9(14)16-11-7(12)2-3-8(11)13/h4H,2-3H2,1H3. The molecule has 16 heavy (non-hydrogen) atoms. The Kier molecular flexibility index (Phi) is 2.43. The van der Waals surface area contributed by atoms with Crippen LogP contribution >= 0.6 is 0 Å². The first-order chi connectivity index (χ1) is 7.58. The highest BCUT2D eigenvalue weighted by Gasteiger charge is 2.33. The van der Waals surface area contributed by atoms with E-state index in [1.165, 1.54) is 6.07 Å². The molecule has 1 fully saturated rings. The Labute approximate surface area is 89.9 Å². The summed E-state index contributed by atoms with van der Waals surface area (Å²) >= 11 is 0. The Morgan fingerprint density at radius 2 is 2.06 bits per heavy atom. The molecular formula is C9H8N2O5. The third-order valence-electron chi connectivity index (χ3n) is 2.02. The molecule has 7 nitrogen and oxygen atoms in total. The van der Waals surface area contributed by atoms with E-state index in [1.807, 2.05) is 0 Å². The quantitative estimate of drug-likeness (QED) is 0.667. The number of nitrogens with zero attached hydrogens (tertiary/aromatic N) is 2. The van der Waals surface area contributed by atoms with Gasteiger partial charge in [-0.3, -0.25) is 9.59 Å². The summed E-state index contributed by atoms with van der Waals surface area (Å²) in [5.74, 6) is -1.51. The molecule has 1 aliphatic rings. The molecule has 84 valence electrons. The monoisotopic (exact) mass is 224 g/mol. The zero-order chi connectivity index (χ0) is 11.7. The molecule has 1 aliphatic heterocycles. The molecule has 0 spiro atoms. The summed E-state index contributed by atoms with van der Waals surface area (Å²) < 4.78 is 4.66. The van der Waals surface area contributed by atoms with E-state index in [2.05, 4.69) is 14.5 Å². The van der Waals surface area contributed by atoms with Crippen LogP contribution in [0, 0.1) is 6.92 Å². The van der Waals surface area contributed by atoms with Gasteiger partial charge >= 0.3 is 5.97 Å². The van der Waals surface area contributed by atoms with Crippen LogP contribution in [-0.2, 0) is 14.4 Å². The average molecular weight is 224 g/mol. The molecule has 0 bridgehead atoms. The van der Waals surface area contributed by atoms with E-state index in [9.17, 15) is 14.4 Å². The predicted molar refractivity (Wildman–Crippen MR) is 47.7 cm³/mol. The van der Waals surface area contributed by atoms with E-state index in [0.717, 1.165) is 0 Å². The molecule has 0 aliphatic carbocycles. The van der Waals surface area contributed by atoms with Crippen molar-refractivity contribution >= 4 is 17.8 Å². The summed E-state index contributed by atoms with van der Waals surface area (Å²) in [6.45, 7) is 1.61. The van der Waals surface area contributed by atoms with Crippen LogP contribution in [0.2, 0.25) is 0 Å². The van der Waals surface area contributed by atoms with Crippen molar-refractivity contribution in [1.29, 1.82) is 0 Å². The van der Waals surface area contributed by atoms with Crippen molar-refractivity contribution in [3.63, 3.8) is 0 Å². The lowest BCUT2D eigenvalue weighted by Gasteiger charge is -2.10. The van der Waals surface area contributed by atoms with Gasteiger partial charge in [0.2, 0.25) is 0 Å². The summed E-state index contributed by atoms with van der Waals surface area (Å²) in [5.41, 5.74) is -0.0787. The zero-order valence-corrected chi connectivity index (χ0v) is 8.43. The SMILES string of the molecule is Cc1cc(C(=O)ON2C(=O)CCC2=O)no1. The van der Waals surface area contributed by atoms with E-state index in [-0.39, 0.29) is 18.5 Å². The summed E-state index contributed by atoms with van der Waals surface area (Å²) in [6.07, 6.45) is 0.119. The van der Waals surface area contributed by atoms with Crippen molar-refractivity contribution in [2.75, 3.05) is 0 Å². The second-order valence-corrected chi connectivity index (χ2v) is 3.28. The molecule has 0 saturated carbocycles. The van der Waals surface area contributed by atoms with Crippen molar-refractivity contribution in [2.45, 2.75) is 19.8 Å². The van der Waals surface area contributed by atoms with E-state index in [0.29, 0.717) is 10.8 Å². The molecular weight excluding hydrogens is 216 g/mol. The molecule has 0 atom stereocenters. The highest BCUT2D eigenvalue weighted by molar-refractivity contribution is 6.02. The molecule has 0 radical (unpaired) electrons. The van der Waals surface area contributed by atoms with Gasteiger partial charge in [-0.2, -0.15) is 0 Å². The fourth-order valence-corrected chi connectivity index (χ4v) is 1.25. The smallest absolute Gasteiger partial charge is 0.361 e. The van der Waals surface area contributed by atoms with Crippen molar-refractivity contribution in [3.8, 4) is 0 Å². The van der Waals surface area contributed by atoms with Crippen molar-refractivity contribution in [2.24, 2.45) is 0 Å². The lowest BCUT2D eigenvalue weighted by molar-refractivity contribution is -0.172. The third-order valence-corrected chi connectivity index (χ3v) is 2.02. The molecule has 2 amide bonds. The molecule has 2 rings (SSSR count). The van der Waals surface area contributed by atoms with Crippen LogP contribution in [0.15, 0.2) is 10.6 Å². The van der Waals surface area contributed by atoms with Gasteiger partial charge in [0.25, 0.3) is 11.8 Å². The number of rotatable bonds is 2. The van der Waals surface area contributed by atoms with Crippen LogP contribution in [0.4, 0.5) is 0 Å². The second kappa shape index (κ2) is 3.76. The summed E-state index contributed by atoms with van der Waals surface area (Å²) in [5, 5.41) is 3.87. The normalized spacial score (nSPS) is 15.7. The average Bonchev–Trinajstić information content (AvgIpc) is 2.79. The van der Waals surface area contributed by atoms with Gasteiger partial charge in [0, 0.05) is 18.9 Å². The predicted octanol–water partition coefficient (Wildman–Crippen LogP) is 0.204. The Balaban J connectivity index is 2.08. The minimum atomic E-state index is -0.888. The summed E-state index contributed by atoms with van der Waals surface area (Å²) in [7, 11) is 0. The highest BCUT2D eigenvalue weighted by atomic mass is 16.7. The fourth-order valence-electron chi connectivity index (χ4n) is 1.25. The van der Waals surface area contributed by atoms with Gasteiger partial charge in [0.05, 0.1) is 0 Å². The Bertz CT molecular complexity index is 448. The van der Waals surface area contributed by atoms with Crippen LogP contribution in [0.25, 0.3) is 0 Å². The molecule has 0 N–H and O–H groups in total. The number of amides is 2. The first-order valence-electron chi connectivity index (χ1n) is 4.59. The minimum absolute atomic E-state index is 0.0595. The van der Waals surface area contributed by atoms with Crippen LogP contribution in [-0.4, -0.2) is 28.0 Å². The first kappa shape index (κ1) is 10.3. The fraction of sp³-hybridized carbons (Fsp3) is 0.333. The number of imide groups is 1. The van der Waals surface area contributed by atoms with Crippen molar-refractivity contribution in [1.82, 2.24) is 10.2 Å². The van der Waals surface area contributed by atoms with Gasteiger partial charge in [0.15, 0.2) is 5.69 Å². The van der Waals surface area contributed by atoms with Gasteiger partial charge in [0.1, 0.15) is 5.76 Å². The van der Waals surface area contributed by atoms with Crippen molar-refractivity contribution in [3.05, 3.63) is 17.5 Å². The number of hydrogen-bond acceptors (Lipinski definition) is 6. The number of carbonyl (C=O) groups is 3. The third kappa shape index (κ3) is 1.79. The Morgan fingerprint density at radius 1 is 1.44 bits per heavy atom. The Morgan fingerprint density at radius 3 is 2.56 bits per heavy atom. The molecule has 0 aromatic carbocycles. The summed E-state index contributed by atoms with van der Waals surface area (Å²) in [4.78, 5) is 38.3. The molecule has 0 unspecified atom stereocenters. The molecule has 7 heteroatoms. The van der Waals surface area contributed by atoms with Gasteiger partial charge < -0.3 is 9.36 Å². The van der Waals surface area contributed by atoms with Gasteiger partial charge in [-0.25, -0.2) is 4.79 Å². The Hall–Kier alpha value is -2.18. The largest absolute Gasteiger partial charge is 0.385 e. The van der Waals surface area contributed by atoms with Crippen molar-refractivity contribution < 1.29 is 23.7 Å². The molecule has 2 heterocycles. The van der Waals surface area contributed by atoms with Gasteiger partial charge in [-0.15, -0.1) is 5.06 Å². The maximum Gasteiger partial charge on any atom is 0.385 e. The molecule has 1 aromatic rings. The molecule has 1 saturated heterocycles. The topological polar surface area (TPSA) is 89.7 Å². The zero-order valence-electron chi connectivity index (χ0n) is 8.43. The minimum Gasteiger partial charge on any atom is -0.361 e. The van der Waals surface area contributed by atoms with E-state index in [4.69, 9.17) is 0 Å². The maximum absolute atomic E-state index is 11.4. The van der Waals surface area contributed by atoms with Gasteiger partial charge in [-0.1, -0.05) is 5.16 Å². The van der Waals surface area contributed by atoms with Crippen LogP contribution < -0.4 is 0 Å². The summed E-state index contributed by atoms with van der Waals surface area (Å²) in [6, 6.07) is 1.35. The van der Waals surface area contributed by atoms with E-state index >= 15 is 0 Å². The highest BCUT2D eigenvalue weighted by Crippen LogP contribution is 2.14. The number of aromatic nitrogens is 1. The van der Waals surface area contributed by atoms with Crippen LogP contribution in [0.3, 0.4) is 0 Å².